The monoisotopic (exact) mass is 344 g/mol. The summed E-state index contributed by atoms with van der Waals surface area (Å²) >= 11 is 0. The zero-order valence-corrected chi connectivity index (χ0v) is 15.2. The van der Waals surface area contributed by atoms with Gasteiger partial charge in [0, 0.05) is 25.2 Å². The van der Waals surface area contributed by atoms with Crippen LogP contribution in [0.5, 0.6) is 0 Å². The average molecular weight is 344 g/mol. The summed E-state index contributed by atoms with van der Waals surface area (Å²) in [6, 6.07) is 3.69. The van der Waals surface area contributed by atoms with Crippen LogP contribution in [0.3, 0.4) is 0 Å². The number of anilines is 1. The van der Waals surface area contributed by atoms with Gasteiger partial charge in [-0.05, 0) is 64.3 Å². The molecular formula is C19H28N4O2. The first-order valence-corrected chi connectivity index (χ1v) is 9.31. The van der Waals surface area contributed by atoms with E-state index in [0.29, 0.717) is 5.82 Å². The summed E-state index contributed by atoms with van der Waals surface area (Å²) in [6.45, 7) is 7.34. The maximum Gasteiger partial charge on any atom is 0.239 e. The van der Waals surface area contributed by atoms with Crippen molar-refractivity contribution in [2.45, 2.75) is 45.6 Å². The topological polar surface area (TPSA) is 65.5 Å². The van der Waals surface area contributed by atoms with Crippen LogP contribution in [0.4, 0.5) is 5.82 Å². The zero-order chi connectivity index (χ0) is 17.8. The second-order valence-electron chi connectivity index (χ2n) is 7.23. The van der Waals surface area contributed by atoms with E-state index in [1.165, 1.54) is 0 Å². The molecule has 0 radical (unpaired) electrons. The van der Waals surface area contributed by atoms with Crippen LogP contribution in [-0.4, -0.2) is 58.8 Å². The van der Waals surface area contributed by atoms with Crippen molar-refractivity contribution < 1.29 is 9.59 Å². The van der Waals surface area contributed by atoms with E-state index in [2.05, 4.69) is 15.2 Å². The molecule has 0 aromatic carbocycles. The summed E-state index contributed by atoms with van der Waals surface area (Å²) in [5.41, 5.74) is 1.07. The minimum Gasteiger partial charge on any atom is -0.341 e. The number of amides is 2. The largest absolute Gasteiger partial charge is 0.341 e. The molecule has 1 N–H and O–H groups in total. The Bertz CT molecular complexity index is 602. The number of carbonyl (C=O) groups is 2. The van der Waals surface area contributed by atoms with Crippen molar-refractivity contribution in [1.82, 2.24) is 14.8 Å². The quantitative estimate of drug-likeness (QED) is 0.908. The van der Waals surface area contributed by atoms with E-state index in [-0.39, 0.29) is 23.8 Å². The summed E-state index contributed by atoms with van der Waals surface area (Å²) in [6.07, 6.45) is 5.57. The summed E-state index contributed by atoms with van der Waals surface area (Å²) in [5, 5.41) is 2.91. The highest BCUT2D eigenvalue weighted by Gasteiger charge is 2.32. The molecule has 2 fully saturated rings. The van der Waals surface area contributed by atoms with E-state index in [4.69, 9.17) is 0 Å². The Morgan fingerprint density at radius 1 is 1.16 bits per heavy atom. The molecule has 3 rings (SSSR count). The molecule has 1 aromatic heterocycles. The Balaban J connectivity index is 1.48. The first kappa shape index (κ1) is 17.9. The summed E-state index contributed by atoms with van der Waals surface area (Å²) in [5.74, 6) is 0.878. The van der Waals surface area contributed by atoms with Gasteiger partial charge in [-0.25, -0.2) is 4.98 Å². The zero-order valence-electron chi connectivity index (χ0n) is 15.2. The molecule has 136 valence electrons. The first-order valence-electron chi connectivity index (χ1n) is 9.31. The normalized spacial score (nSPS) is 20.5. The van der Waals surface area contributed by atoms with E-state index in [9.17, 15) is 9.59 Å². The van der Waals surface area contributed by atoms with Crippen molar-refractivity contribution in [3.05, 3.63) is 23.9 Å². The fourth-order valence-corrected chi connectivity index (χ4v) is 3.68. The van der Waals surface area contributed by atoms with E-state index in [0.717, 1.165) is 57.4 Å². The molecule has 1 atom stereocenters. The lowest BCUT2D eigenvalue weighted by Gasteiger charge is -2.36. The molecule has 6 nitrogen and oxygen atoms in total. The molecule has 2 aliphatic heterocycles. The van der Waals surface area contributed by atoms with Gasteiger partial charge in [-0.3, -0.25) is 14.5 Å². The molecule has 2 saturated heterocycles. The Labute approximate surface area is 149 Å². The van der Waals surface area contributed by atoms with E-state index < -0.39 is 0 Å². The second-order valence-corrected chi connectivity index (χ2v) is 7.23. The van der Waals surface area contributed by atoms with Crippen molar-refractivity contribution in [3.8, 4) is 0 Å². The number of pyridine rings is 1. The van der Waals surface area contributed by atoms with Crippen LogP contribution in [-0.2, 0) is 9.59 Å². The lowest BCUT2D eigenvalue weighted by molar-refractivity contribution is -0.136. The molecule has 0 spiro atoms. The van der Waals surface area contributed by atoms with Gasteiger partial charge in [0.1, 0.15) is 5.82 Å². The van der Waals surface area contributed by atoms with Gasteiger partial charge in [-0.2, -0.15) is 0 Å². The Morgan fingerprint density at radius 2 is 1.84 bits per heavy atom. The fourth-order valence-electron chi connectivity index (χ4n) is 3.68. The molecular weight excluding hydrogens is 316 g/mol. The van der Waals surface area contributed by atoms with Crippen molar-refractivity contribution in [3.63, 3.8) is 0 Å². The molecule has 0 saturated carbocycles. The van der Waals surface area contributed by atoms with Crippen molar-refractivity contribution >= 4 is 17.6 Å². The van der Waals surface area contributed by atoms with Gasteiger partial charge in [0.05, 0.1) is 6.04 Å². The molecule has 3 heterocycles. The maximum atomic E-state index is 12.5. The number of carbonyl (C=O) groups excluding carboxylic acids is 2. The van der Waals surface area contributed by atoms with Crippen LogP contribution in [0.2, 0.25) is 0 Å². The van der Waals surface area contributed by atoms with Gasteiger partial charge in [0.2, 0.25) is 11.8 Å². The number of rotatable bonds is 4. The first-order chi connectivity index (χ1) is 12.0. The van der Waals surface area contributed by atoms with Crippen LogP contribution in [0, 0.1) is 12.8 Å². The number of piperidine rings is 1. The SMILES string of the molecule is Cc1ccc(NC(=O)C2CCN([C@@H](C)C(=O)N3CCCC3)CC2)nc1. The molecule has 0 bridgehead atoms. The predicted molar refractivity (Wildman–Crippen MR) is 97.2 cm³/mol. The van der Waals surface area contributed by atoms with Gasteiger partial charge >= 0.3 is 0 Å². The molecule has 6 heteroatoms. The molecule has 0 unspecified atom stereocenters. The van der Waals surface area contributed by atoms with Crippen molar-refractivity contribution in [2.24, 2.45) is 5.92 Å². The third-order valence-corrected chi connectivity index (χ3v) is 5.39. The number of nitrogens with one attached hydrogen (secondary N) is 1. The minimum atomic E-state index is -0.0825. The van der Waals surface area contributed by atoms with Crippen LogP contribution < -0.4 is 5.32 Å². The molecule has 1 aromatic rings. The Hall–Kier alpha value is -1.95. The van der Waals surface area contributed by atoms with E-state index >= 15 is 0 Å². The van der Waals surface area contributed by atoms with Crippen LogP contribution in [0.1, 0.15) is 38.2 Å². The standard InChI is InChI=1S/C19H28N4O2/c1-14-5-6-17(20-13-14)21-18(24)16-7-11-22(12-8-16)15(2)19(25)23-9-3-4-10-23/h5-6,13,15-16H,3-4,7-12H2,1-2H3,(H,20,21,24)/t15-/m0/s1. The Kier molecular flexibility index (Phi) is 5.68. The highest BCUT2D eigenvalue weighted by molar-refractivity contribution is 5.91. The summed E-state index contributed by atoms with van der Waals surface area (Å²) in [7, 11) is 0. The lowest BCUT2D eigenvalue weighted by Crippen LogP contribution is -2.50. The van der Waals surface area contributed by atoms with Crippen molar-refractivity contribution in [2.75, 3.05) is 31.5 Å². The number of nitrogens with zero attached hydrogens (tertiary/aromatic N) is 3. The summed E-state index contributed by atoms with van der Waals surface area (Å²) in [4.78, 5) is 33.4. The highest BCUT2D eigenvalue weighted by Crippen LogP contribution is 2.22. The smallest absolute Gasteiger partial charge is 0.239 e. The van der Waals surface area contributed by atoms with E-state index in [1.807, 2.05) is 30.9 Å². The highest BCUT2D eigenvalue weighted by atomic mass is 16.2. The van der Waals surface area contributed by atoms with Gasteiger partial charge in [-0.1, -0.05) is 6.07 Å². The molecule has 2 aliphatic rings. The third kappa shape index (κ3) is 4.37. The maximum absolute atomic E-state index is 12.5. The minimum absolute atomic E-state index is 0.00607. The van der Waals surface area contributed by atoms with Crippen molar-refractivity contribution in [1.29, 1.82) is 0 Å². The summed E-state index contributed by atoms with van der Waals surface area (Å²) < 4.78 is 0. The van der Waals surface area contributed by atoms with Gasteiger partial charge in [0.15, 0.2) is 0 Å². The molecule has 2 amide bonds. The average Bonchev–Trinajstić information content (AvgIpc) is 3.17. The van der Waals surface area contributed by atoms with Gasteiger partial charge in [0.25, 0.3) is 0 Å². The predicted octanol–water partition coefficient (Wildman–Crippen LogP) is 2.05. The molecule has 25 heavy (non-hydrogen) atoms. The van der Waals surface area contributed by atoms with Crippen LogP contribution >= 0.6 is 0 Å². The Morgan fingerprint density at radius 3 is 2.44 bits per heavy atom. The van der Waals surface area contributed by atoms with Crippen LogP contribution in [0.25, 0.3) is 0 Å². The molecule has 0 aliphatic carbocycles. The number of likely N-dealkylation sites (tertiary alicyclic amines) is 2. The lowest BCUT2D eigenvalue weighted by atomic mass is 9.95. The second kappa shape index (κ2) is 7.95. The van der Waals surface area contributed by atoms with Crippen LogP contribution in [0.15, 0.2) is 18.3 Å². The number of aryl methyl sites for hydroxylation is 1. The number of hydrogen-bond donors (Lipinski definition) is 1. The van der Waals surface area contributed by atoms with Gasteiger partial charge < -0.3 is 10.2 Å². The van der Waals surface area contributed by atoms with E-state index in [1.54, 1.807) is 6.20 Å². The fraction of sp³-hybridized carbons (Fsp3) is 0.632. The number of aromatic nitrogens is 1. The van der Waals surface area contributed by atoms with Gasteiger partial charge in [-0.15, -0.1) is 0 Å². The number of hydrogen-bond acceptors (Lipinski definition) is 4. The third-order valence-electron chi connectivity index (χ3n) is 5.39.